The maximum atomic E-state index is 3.65. The quantitative estimate of drug-likeness (QED) is 0.525. The molecule has 2 nitrogen and oxygen atoms in total. The first-order chi connectivity index (χ1) is 5.43. The summed E-state index contributed by atoms with van der Waals surface area (Å²) in [5, 5.41) is 7.26. The smallest absolute Gasteiger partial charge is 0.0652 e. The van der Waals surface area contributed by atoms with E-state index in [2.05, 4.69) is 22.0 Å². The molecule has 1 heterocycles. The van der Waals surface area contributed by atoms with Gasteiger partial charge < -0.3 is 0 Å². The zero-order valence-electron chi connectivity index (χ0n) is 7.13. The van der Waals surface area contributed by atoms with Crippen LogP contribution >= 0.6 is 0 Å². The monoisotopic (exact) mass is 148 g/mol. The molecule has 0 fully saturated rings. The molecule has 2 heteroatoms. The molecule has 0 atom stereocenters. The molecule has 58 valence electrons. The highest BCUT2D eigenvalue weighted by molar-refractivity contribution is 5.29. The van der Waals surface area contributed by atoms with Gasteiger partial charge >= 0.3 is 0 Å². The van der Waals surface area contributed by atoms with Gasteiger partial charge in [0.1, 0.15) is 0 Å². The first-order valence-corrected chi connectivity index (χ1v) is 3.63. The van der Waals surface area contributed by atoms with Crippen LogP contribution in [0.25, 0.3) is 0 Å². The average molecular weight is 148 g/mol. The third-order valence-corrected chi connectivity index (χ3v) is 0.854. The Morgan fingerprint density at radius 2 is 2.00 bits per heavy atom. The van der Waals surface area contributed by atoms with Gasteiger partial charge in [-0.2, -0.15) is 10.2 Å². The van der Waals surface area contributed by atoms with Gasteiger partial charge in [0.25, 0.3) is 0 Å². The van der Waals surface area contributed by atoms with E-state index in [1.54, 1.807) is 19.3 Å². The van der Waals surface area contributed by atoms with Crippen LogP contribution in [0.5, 0.6) is 0 Å². The van der Waals surface area contributed by atoms with E-state index in [0.29, 0.717) is 0 Å². The molecule has 0 unspecified atom stereocenters. The Labute approximate surface area is 67.7 Å². The number of nitrogens with zero attached hydrogens (tertiary/aromatic N) is 2. The molecular weight excluding hydrogens is 136 g/mol. The minimum absolute atomic E-state index is 0.910. The van der Waals surface area contributed by atoms with Gasteiger partial charge in [0.2, 0.25) is 0 Å². The van der Waals surface area contributed by atoms with E-state index in [1.807, 2.05) is 19.9 Å². The highest BCUT2D eigenvalue weighted by Gasteiger charge is 1.79. The summed E-state index contributed by atoms with van der Waals surface area (Å²) in [5.41, 5.74) is 0.910. The topological polar surface area (TPSA) is 25.8 Å². The van der Waals surface area contributed by atoms with Crippen LogP contribution in [-0.2, 0) is 0 Å². The van der Waals surface area contributed by atoms with E-state index in [9.17, 15) is 0 Å². The molecule has 0 N–H and O–H groups in total. The van der Waals surface area contributed by atoms with Crippen molar-refractivity contribution in [2.45, 2.75) is 20.8 Å². The second-order valence-electron chi connectivity index (χ2n) is 1.51. The van der Waals surface area contributed by atoms with Gasteiger partial charge in [0, 0.05) is 5.56 Å². The van der Waals surface area contributed by atoms with Gasteiger partial charge in [-0.05, 0) is 13.0 Å². The largest absolute Gasteiger partial charge is 0.159 e. The van der Waals surface area contributed by atoms with Crippen molar-refractivity contribution in [3.8, 4) is 11.8 Å². The summed E-state index contributed by atoms with van der Waals surface area (Å²) in [5.74, 6) is 5.62. The summed E-state index contributed by atoms with van der Waals surface area (Å²) in [7, 11) is 0. The molecule has 0 radical (unpaired) electrons. The van der Waals surface area contributed by atoms with Crippen molar-refractivity contribution < 1.29 is 0 Å². The molecular formula is C9H12N2. The molecule has 1 aromatic rings. The fraction of sp³-hybridized carbons (Fsp3) is 0.333. The Hall–Kier alpha value is -1.36. The van der Waals surface area contributed by atoms with Gasteiger partial charge in [-0.1, -0.05) is 19.8 Å². The van der Waals surface area contributed by atoms with Gasteiger partial charge in [-0.3, -0.25) is 0 Å². The van der Waals surface area contributed by atoms with Crippen molar-refractivity contribution in [3.05, 3.63) is 24.0 Å². The van der Waals surface area contributed by atoms with Crippen molar-refractivity contribution in [3.63, 3.8) is 0 Å². The van der Waals surface area contributed by atoms with E-state index < -0.39 is 0 Å². The van der Waals surface area contributed by atoms with Gasteiger partial charge in [-0.25, -0.2) is 0 Å². The highest BCUT2D eigenvalue weighted by Crippen LogP contribution is 1.87. The van der Waals surface area contributed by atoms with Crippen LogP contribution in [0.4, 0.5) is 0 Å². The zero-order valence-corrected chi connectivity index (χ0v) is 7.13. The lowest BCUT2D eigenvalue weighted by atomic mass is 10.3. The maximum absolute atomic E-state index is 3.65. The zero-order chi connectivity index (χ0) is 8.53. The molecule has 0 aliphatic heterocycles. The van der Waals surface area contributed by atoms with Crippen molar-refractivity contribution in [2.75, 3.05) is 0 Å². The van der Waals surface area contributed by atoms with Crippen LogP contribution in [0.1, 0.15) is 26.3 Å². The Balaban J connectivity index is 0.000000461. The van der Waals surface area contributed by atoms with E-state index in [4.69, 9.17) is 0 Å². The van der Waals surface area contributed by atoms with Crippen LogP contribution in [0.15, 0.2) is 18.5 Å². The van der Waals surface area contributed by atoms with Gasteiger partial charge in [0.15, 0.2) is 0 Å². The minimum Gasteiger partial charge on any atom is -0.159 e. The Kier molecular flexibility index (Phi) is 5.92. The van der Waals surface area contributed by atoms with Gasteiger partial charge in [-0.15, -0.1) is 5.92 Å². The molecule has 1 rings (SSSR count). The first kappa shape index (κ1) is 9.64. The molecule has 0 aromatic carbocycles. The van der Waals surface area contributed by atoms with Crippen LogP contribution in [0.3, 0.4) is 0 Å². The van der Waals surface area contributed by atoms with E-state index in [0.717, 1.165) is 5.56 Å². The summed E-state index contributed by atoms with van der Waals surface area (Å²) >= 11 is 0. The molecule has 11 heavy (non-hydrogen) atoms. The number of hydrogen-bond acceptors (Lipinski definition) is 2. The normalized spacial score (nSPS) is 6.82. The minimum atomic E-state index is 0.910. The summed E-state index contributed by atoms with van der Waals surface area (Å²) in [4.78, 5) is 0. The number of rotatable bonds is 0. The summed E-state index contributed by atoms with van der Waals surface area (Å²) in [6.07, 6.45) is 3.26. The standard InChI is InChI=1S/C7H6N2.C2H6/c1-2-3-7-4-5-8-9-6-7;1-2/h4-6H,1H3;1-2H3. The lowest BCUT2D eigenvalue weighted by Crippen LogP contribution is -1.78. The van der Waals surface area contributed by atoms with Crippen molar-refractivity contribution in [1.82, 2.24) is 10.2 Å². The molecule has 0 aliphatic rings. The molecule has 0 aliphatic carbocycles. The van der Waals surface area contributed by atoms with Crippen molar-refractivity contribution in [1.29, 1.82) is 0 Å². The fourth-order valence-corrected chi connectivity index (χ4v) is 0.509. The molecule has 0 bridgehead atoms. The number of hydrogen-bond donors (Lipinski definition) is 0. The number of aromatic nitrogens is 2. The van der Waals surface area contributed by atoms with E-state index >= 15 is 0 Å². The van der Waals surface area contributed by atoms with E-state index in [-0.39, 0.29) is 0 Å². The molecule has 0 saturated heterocycles. The lowest BCUT2D eigenvalue weighted by Gasteiger charge is -1.81. The SMILES string of the molecule is CC.CC#Cc1ccnnc1. The van der Waals surface area contributed by atoms with Gasteiger partial charge in [0.05, 0.1) is 12.4 Å². The molecule has 0 saturated carbocycles. The second kappa shape index (κ2) is 6.76. The Morgan fingerprint density at radius 3 is 2.45 bits per heavy atom. The average Bonchev–Trinajstić information content (AvgIpc) is 2.11. The predicted molar refractivity (Wildman–Crippen MR) is 45.9 cm³/mol. The summed E-state index contributed by atoms with van der Waals surface area (Å²) < 4.78 is 0. The van der Waals surface area contributed by atoms with Crippen LogP contribution in [0, 0.1) is 11.8 Å². The molecule has 0 spiro atoms. The maximum Gasteiger partial charge on any atom is 0.0652 e. The third kappa shape index (κ3) is 4.10. The Bertz CT molecular complexity index is 231. The second-order valence-corrected chi connectivity index (χ2v) is 1.51. The Morgan fingerprint density at radius 1 is 1.27 bits per heavy atom. The lowest BCUT2D eigenvalue weighted by molar-refractivity contribution is 1.03. The van der Waals surface area contributed by atoms with Crippen molar-refractivity contribution >= 4 is 0 Å². The van der Waals surface area contributed by atoms with E-state index in [1.165, 1.54) is 0 Å². The first-order valence-electron chi connectivity index (χ1n) is 3.63. The highest BCUT2D eigenvalue weighted by atomic mass is 15.1. The third-order valence-electron chi connectivity index (χ3n) is 0.854. The predicted octanol–water partition coefficient (Wildman–Crippen LogP) is 1.87. The summed E-state index contributed by atoms with van der Waals surface area (Å²) in [6.45, 7) is 5.79. The fourth-order valence-electron chi connectivity index (χ4n) is 0.509. The van der Waals surface area contributed by atoms with Crippen LogP contribution < -0.4 is 0 Å². The van der Waals surface area contributed by atoms with Crippen LogP contribution in [0.2, 0.25) is 0 Å². The molecule has 1 aromatic heterocycles. The molecule has 0 amide bonds. The van der Waals surface area contributed by atoms with Crippen LogP contribution in [-0.4, -0.2) is 10.2 Å². The van der Waals surface area contributed by atoms with Crippen molar-refractivity contribution in [2.24, 2.45) is 0 Å². The summed E-state index contributed by atoms with van der Waals surface area (Å²) in [6, 6.07) is 1.82.